The first kappa shape index (κ1) is 24.7. The van der Waals surface area contributed by atoms with Crippen LogP contribution < -0.4 is 5.43 Å². The minimum atomic E-state index is 0.141. The maximum absolute atomic E-state index is 4.16. The number of nitrogens with zero attached hydrogens (tertiary/aromatic N) is 2. The first-order valence-corrected chi connectivity index (χ1v) is 14.1. The van der Waals surface area contributed by atoms with Gasteiger partial charge < -0.3 is 5.43 Å². The SMILES string of the molecule is CC(C)C1CCCC(C(C)C)C1N1C(Nn2c3ccccc3c3ccccc32)C(C)(C)CC1(C)C. The molecular formula is C32H47N3. The highest BCUT2D eigenvalue weighted by Crippen LogP contribution is 2.52. The standard InChI is InChI=1S/C32H47N3/c1-21(2)23-16-13-17-24(22(3)4)29(23)34-30(31(5,6)20-32(34,7)8)33-35-27-18-11-9-14-25(27)26-15-10-12-19-28(26)35/h9-12,14-15,18-19,21-24,29-30,33H,13,16-17,20H2,1-8H3. The highest BCUT2D eigenvalue weighted by atomic mass is 15.5. The molecule has 3 atom stereocenters. The fourth-order valence-corrected chi connectivity index (χ4v) is 8.14. The minimum Gasteiger partial charge on any atom is -0.307 e. The van der Waals surface area contributed by atoms with Gasteiger partial charge in [-0.1, -0.05) is 84.4 Å². The van der Waals surface area contributed by atoms with Crippen LogP contribution in [0.2, 0.25) is 0 Å². The monoisotopic (exact) mass is 473 g/mol. The summed E-state index contributed by atoms with van der Waals surface area (Å²) >= 11 is 0. The van der Waals surface area contributed by atoms with E-state index in [1.807, 2.05) is 0 Å². The Kier molecular flexibility index (Phi) is 6.23. The van der Waals surface area contributed by atoms with Gasteiger partial charge in [0, 0.05) is 27.8 Å². The predicted octanol–water partition coefficient (Wildman–Crippen LogP) is 8.27. The second-order valence-corrected chi connectivity index (χ2v) is 13.5. The highest BCUT2D eigenvalue weighted by molar-refractivity contribution is 6.08. The average molecular weight is 474 g/mol. The summed E-state index contributed by atoms with van der Waals surface area (Å²) in [5.41, 5.74) is 7.01. The molecule has 3 aromatic rings. The van der Waals surface area contributed by atoms with Gasteiger partial charge in [0.25, 0.3) is 0 Å². The maximum Gasteiger partial charge on any atom is 0.100 e. The van der Waals surface area contributed by atoms with E-state index in [1.54, 1.807) is 0 Å². The Morgan fingerprint density at radius 3 is 1.74 bits per heavy atom. The van der Waals surface area contributed by atoms with E-state index in [9.17, 15) is 0 Å². The van der Waals surface area contributed by atoms with Crippen LogP contribution in [0.25, 0.3) is 21.8 Å². The third-order valence-electron chi connectivity index (χ3n) is 9.42. The van der Waals surface area contributed by atoms with Gasteiger partial charge in [-0.15, -0.1) is 0 Å². The molecule has 0 radical (unpaired) electrons. The van der Waals surface area contributed by atoms with Crippen molar-refractivity contribution in [2.24, 2.45) is 29.1 Å². The lowest BCUT2D eigenvalue weighted by Crippen LogP contribution is -2.61. The van der Waals surface area contributed by atoms with Crippen molar-refractivity contribution in [1.29, 1.82) is 0 Å². The molecule has 1 aliphatic carbocycles. The van der Waals surface area contributed by atoms with Crippen LogP contribution in [-0.4, -0.2) is 27.3 Å². The lowest BCUT2D eigenvalue weighted by Gasteiger charge is -2.53. The third-order valence-corrected chi connectivity index (χ3v) is 9.42. The van der Waals surface area contributed by atoms with Crippen LogP contribution in [0, 0.1) is 29.1 Å². The molecule has 1 saturated carbocycles. The van der Waals surface area contributed by atoms with Crippen LogP contribution in [0.4, 0.5) is 0 Å². The molecule has 1 aliphatic heterocycles. The summed E-state index contributed by atoms with van der Waals surface area (Å²) in [6.45, 7) is 19.8. The second kappa shape index (κ2) is 8.83. The minimum absolute atomic E-state index is 0.141. The van der Waals surface area contributed by atoms with Crippen LogP contribution in [0.3, 0.4) is 0 Å². The molecule has 5 rings (SSSR count). The van der Waals surface area contributed by atoms with E-state index in [1.165, 1.54) is 47.5 Å². The van der Waals surface area contributed by atoms with E-state index in [-0.39, 0.29) is 17.1 Å². The Bertz CT molecular complexity index is 1110. The molecule has 3 heteroatoms. The van der Waals surface area contributed by atoms with E-state index in [4.69, 9.17) is 0 Å². The number of rotatable bonds is 5. The topological polar surface area (TPSA) is 20.2 Å². The number of aromatic nitrogens is 1. The summed E-state index contributed by atoms with van der Waals surface area (Å²) < 4.78 is 2.41. The van der Waals surface area contributed by atoms with Crippen LogP contribution in [0.1, 0.15) is 81.1 Å². The molecule has 0 spiro atoms. The number of fused-ring (bicyclic) bond motifs is 3. The van der Waals surface area contributed by atoms with E-state index in [2.05, 4.69) is 119 Å². The zero-order valence-electron chi connectivity index (χ0n) is 23.3. The molecule has 0 amide bonds. The molecule has 1 saturated heterocycles. The van der Waals surface area contributed by atoms with Gasteiger partial charge in [-0.2, -0.15) is 0 Å². The number of para-hydroxylation sites is 2. The second-order valence-electron chi connectivity index (χ2n) is 13.5. The first-order valence-electron chi connectivity index (χ1n) is 14.1. The zero-order chi connectivity index (χ0) is 25.1. The Balaban J connectivity index is 1.66. The smallest absolute Gasteiger partial charge is 0.100 e. The summed E-state index contributed by atoms with van der Waals surface area (Å²) in [5, 5.41) is 2.66. The van der Waals surface area contributed by atoms with E-state index in [0.29, 0.717) is 17.9 Å². The lowest BCUT2D eigenvalue weighted by molar-refractivity contribution is -0.0418. The van der Waals surface area contributed by atoms with E-state index >= 15 is 0 Å². The molecule has 35 heavy (non-hydrogen) atoms. The van der Waals surface area contributed by atoms with Crippen LogP contribution in [0.5, 0.6) is 0 Å². The molecule has 1 aromatic heterocycles. The molecule has 3 nitrogen and oxygen atoms in total. The van der Waals surface area contributed by atoms with Crippen molar-refractivity contribution in [3.8, 4) is 0 Å². The Hall–Kier alpha value is -2.00. The van der Waals surface area contributed by atoms with E-state index < -0.39 is 0 Å². The van der Waals surface area contributed by atoms with Crippen LogP contribution in [-0.2, 0) is 0 Å². The fourth-order valence-electron chi connectivity index (χ4n) is 8.14. The van der Waals surface area contributed by atoms with Gasteiger partial charge in [-0.3, -0.25) is 9.58 Å². The number of nitrogens with one attached hydrogen (secondary N) is 1. The third kappa shape index (κ3) is 4.08. The summed E-state index contributed by atoms with van der Waals surface area (Å²) in [7, 11) is 0. The number of benzene rings is 2. The summed E-state index contributed by atoms with van der Waals surface area (Å²) in [4.78, 5) is 2.96. The highest BCUT2D eigenvalue weighted by Gasteiger charge is 2.57. The van der Waals surface area contributed by atoms with Crippen molar-refractivity contribution >= 4 is 21.8 Å². The number of likely N-dealkylation sites (tertiary alicyclic amines) is 1. The lowest BCUT2D eigenvalue weighted by atomic mass is 9.67. The van der Waals surface area contributed by atoms with Crippen LogP contribution in [0.15, 0.2) is 48.5 Å². The van der Waals surface area contributed by atoms with Crippen LogP contribution >= 0.6 is 0 Å². The molecule has 2 aromatic carbocycles. The van der Waals surface area contributed by atoms with Crippen molar-refractivity contribution in [3.63, 3.8) is 0 Å². The van der Waals surface area contributed by atoms with Crippen molar-refractivity contribution in [2.45, 2.75) is 98.8 Å². The van der Waals surface area contributed by atoms with Crippen molar-refractivity contribution in [3.05, 3.63) is 48.5 Å². The molecular weight excluding hydrogens is 426 g/mol. The number of hydrogen-bond donors (Lipinski definition) is 1. The molecule has 2 fully saturated rings. The van der Waals surface area contributed by atoms with Gasteiger partial charge in [-0.05, 0) is 68.9 Å². The quantitative estimate of drug-likeness (QED) is 0.402. The molecule has 3 unspecified atom stereocenters. The maximum atomic E-state index is 4.16. The van der Waals surface area contributed by atoms with Gasteiger partial charge in [-0.25, -0.2) is 0 Å². The van der Waals surface area contributed by atoms with Gasteiger partial charge in [0.2, 0.25) is 0 Å². The van der Waals surface area contributed by atoms with Gasteiger partial charge in [0.15, 0.2) is 0 Å². The summed E-state index contributed by atoms with van der Waals surface area (Å²) in [6, 6.07) is 18.3. The molecule has 1 N–H and O–H groups in total. The van der Waals surface area contributed by atoms with Gasteiger partial charge >= 0.3 is 0 Å². The summed E-state index contributed by atoms with van der Waals surface area (Å²) in [6.07, 6.45) is 5.56. The summed E-state index contributed by atoms with van der Waals surface area (Å²) in [5.74, 6) is 2.89. The first-order chi connectivity index (χ1) is 16.5. The zero-order valence-corrected chi connectivity index (χ0v) is 23.3. The molecule has 2 aliphatic rings. The van der Waals surface area contributed by atoms with Crippen molar-refractivity contribution in [1.82, 2.24) is 9.58 Å². The van der Waals surface area contributed by atoms with Crippen molar-refractivity contribution in [2.75, 3.05) is 5.43 Å². The molecule has 0 bridgehead atoms. The average Bonchev–Trinajstić information content (AvgIpc) is 3.20. The number of hydrogen-bond acceptors (Lipinski definition) is 2. The Morgan fingerprint density at radius 1 is 0.771 bits per heavy atom. The van der Waals surface area contributed by atoms with Gasteiger partial charge in [0.05, 0.1) is 11.0 Å². The molecule has 2 heterocycles. The largest absolute Gasteiger partial charge is 0.307 e. The normalized spacial score (nSPS) is 29.0. The Morgan fingerprint density at radius 2 is 1.26 bits per heavy atom. The van der Waals surface area contributed by atoms with Gasteiger partial charge in [0.1, 0.15) is 6.17 Å². The van der Waals surface area contributed by atoms with Crippen molar-refractivity contribution < 1.29 is 0 Å². The fraction of sp³-hybridized carbons (Fsp3) is 0.625. The van der Waals surface area contributed by atoms with E-state index in [0.717, 1.165) is 11.8 Å². The predicted molar refractivity (Wildman–Crippen MR) is 151 cm³/mol. The Labute approximate surface area is 213 Å². The molecule has 190 valence electrons.